The lowest BCUT2D eigenvalue weighted by atomic mass is 9.94. The van der Waals surface area contributed by atoms with Gasteiger partial charge in [-0.25, -0.2) is 4.98 Å². The average Bonchev–Trinajstić information content (AvgIpc) is 3.30. The molecule has 33 heavy (non-hydrogen) atoms. The summed E-state index contributed by atoms with van der Waals surface area (Å²) in [7, 11) is 0. The molecular weight excluding hydrogens is 418 g/mol. The highest BCUT2D eigenvalue weighted by molar-refractivity contribution is 5.87. The van der Waals surface area contributed by atoms with Crippen LogP contribution in [0, 0.1) is 19.8 Å². The average molecular weight is 450 g/mol. The number of fused-ring (bicyclic) bond motifs is 1. The maximum absolute atomic E-state index is 13.2. The van der Waals surface area contributed by atoms with Gasteiger partial charge in [0.2, 0.25) is 11.8 Å². The van der Waals surface area contributed by atoms with Gasteiger partial charge < -0.3 is 14.8 Å². The summed E-state index contributed by atoms with van der Waals surface area (Å²) < 4.78 is 3.51. The van der Waals surface area contributed by atoms with Gasteiger partial charge in [-0.05, 0) is 43.7 Å². The molecule has 0 saturated carbocycles. The van der Waals surface area contributed by atoms with Gasteiger partial charge in [-0.2, -0.15) is 0 Å². The number of carbonyl (C=O) groups is 2. The van der Waals surface area contributed by atoms with Crippen molar-refractivity contribution in [1.29, 1.82) is 0 Å². The van der Waals surface area contributed by atoms with Crippen LogP contribution >= 0.6 is 0 Å². The summed E-state index contributed by atoms with van der Waals surface area (Å²) in [4.78, 5) is 44.1. The number of aromatic nitrogens is 3. The zero-order chi connectivity index (χ0) is 23.4. The molecule has 0 unspecified atom stereocenters. The van der Waals surface area contributed by atoms with Crippen molar-refractivity contribution in [3.05, 3.63) is 64.5 Å². The van der Waals surface area contributed by atoms with E-state index in [9.17, 15) is 14.4 Å². The monoisotopic (exact) mass is 449 g/mol. The van der Waals surface area contributed by atoms with Crippen LogP contribution in [0.2, 0.25) is 0 Å². The molecule has 0 spiro atoms. The number of rotatable bonds is 7. The molecule has 0 radical (unpaired) electrons. The van der Waals surface area contributed by atoms with E-state index in [-0.39, 0.29) is 29.8 Å². The summed E-state index contributed by atoms with van der Waals surface area (Å²) in [6, 6.07) is 7.52. The predicted molar refractivity (Wildman–Crippen MR) is 127 cm³/mol. The van der Waals surface area contributed by atoms with Gasteiger partial charge in [0.1, 0.15) is 6.54 Å². The van der Waals surface area contributed by atoms with Gasteiger partial charge in [0.15, 0.2) is 0 Å². The highest BCUT2D eigenvalue weighted by Gasteiger charge is 2.26. The van der Waals surface area contributed by atoms with Gasteiger partial charge in [-0.15, -0.1) is 0 Å². The number of hydrogen-bond acceptors (Lipinski definition) is 4. The van der Waals surface area contributed by atoms with Gasteiger partial charge in [0.25, 0.3) is 5.56 Å². The first-order valence-electron chi connectivity index (χ1n) is 11.5. The van der Waals surface area contributed by atoms with Crippen LogP contribution in [0.15, 0.2) is 47.8 Å². The van der Waals surface area contributed by atoms with E-state index in [1.165, 1.54) is 0 Å². The molecule has 3 heterocycles. The first-order valence-corrected chi connectivity index (χ1v) is 11.5. The Hall–Kier alpha value is -3.42. The second-order valence-electron chi connectivity index (χ2n) is 8.93. The van der Waals surface area contributed by atoms with E-state index in [4.69, 9.17) is 0 Å². The van der Waals surface area contributed by atoms with Crippen LogP contribution < -0.4 is 10.9 Å². The minimum absolute atomic E-state index is 0.00536. The Balaban J connectivity index is 1.37. The SMILES string of the molecule is Cc1cc(=O)n(CC(=O)N2CCC[C@H](CC(=O)NCCn3ccnc3)C2)c2c(C)cccc12. The smallest absolute Gasteiger partial charge is 0.251 e. The molecule has 1 fully saturated rings. The third kappa shape index (κ3) is 5.32. The van der Waals surface area contributed by atoms with E-state index in [0.29, 0.717) is 32.6 Å². The number of piperidine rings is 1. The van der Waals surface area contributed by atoms with Crippen molar-refractivity contribution >= 4 is 22.7 Å². The number of carbonyl (C=O) groups excluding carboxylic acids is 2. The second kappa shape index (κ2) is 10.0. The van der Waals surface area contributed by atoms with E-state index < -0.39 is 0 Å². The highest BCUT2D eigenvalue weighted by atomic mass is 16.2. The zero-order valence-corrected chi connectivity index (χ0v) is 19.3. The van der Waals surface area contributed by atoms with Crippen molar-refractivity contribution in [1.82, 2.24) is 24.3 Å². The lowest BCUT2D eigenvalue weighted by Gasteiger charge is -2.33. The first kappa shape index (κ1) is 22.8. The van der Waals surface area contributed by atoms with Crippen LogP contribution in [0.4, 0.5) is 0 Å². The van der Waals surface area contributed by atoms with Gasteiger partial charge in [0.05, 0.1) is 11.8 Å². The zero-order valence-electron chi connectivity index (χ0n) is 19.3. The minimum Gasteiger partial charge on any atom is -0.354 e. The Morgan fingerprint density at radius 3 is 2.85 bits per heavy atom. The molecule has 1 N–H and O–H groups in total. The maximum Gasteiger partial charge on any atom is 0.251 e. The van der Waals surface area contributed by atoms with E-state index in [2.05, 4.69) is 10.3 Å². The highest BCUT2D eigenvalue weighted by Crippen LogP contribution is 2.22. The fourth-order valence-electron chi connectivity index (χ4n) is 4.71. The number of aryl methyl sites for hydroxylation is 2. The number of para-hydroxylation sites is 1. The summed E-state index contributed by atoms with van der Waals surface area (Å²) >= 11 is 0. The van der Waals surface area contributed by atoms with Gasteiger partial charge >= 0.3 is 0 Å². The van der Waals surface area contributed by atoms with Crippen molar-refractivity contribution in [3.8, 4) is 0 Å². The van der Waals surface area contributed by atoms with Crippen molar-refractivity contribution in [2.45, 2.75) is 46.2 Å². The second-order valence-corrected chi connectivity index (χ2v) is 8.93. The van der Waals surface area contributed by atoms with Crippen LogP contribution in [0.1, 0.15) is 30.4 Å². The molecule has 4 rings (SSSR count). The number of amides is 2. The molecule has 0 bridgehead atoms. The third-order valence-electron chi connectivity index (χ3n) is 6.43. The summed E-state index contributed by atoms with van der Waals surface area (Å²) in [5.74, 6) is 0.0608. The Labute approximate surface area is 193 Å². The van der Waals surface area contributed by atoms with Crippen LogP contribution in [0.3, 0.4) is 0 Å². The number of nitrogens with one attached hydrogen (secondary N) is 1. The first-order chi connectivity index (χ1) is 15.9. The van der Waals surface area contributed by atoms with E-state index in [1.54, 1.807) is 23.2 Å². The molecular formula is C25H31N5O3. The normalized spacial score (nSPS) is 16.2. The molecule has 8 nitrogen and oxygen atoms in total. The Bertz CT molecular complexity index is 1200. The molecule has 0 aliphatic carbocycles. The Morgan fingerprint density at radius 2 is 2.06 bits per heavy atom. The van der Waals surface area contributed by atoms with Crippen molar-refractivity contribution in [2.75, 3.05) is 19.6 Å². The van der Waals surface area contributed by atoms with Crippen molar-refractivity contribution in [2.24, 2.45) is 5.92 Å². The number of likely N-dealkylation sites (tertiary alicyclic amines) is 1. The predicted octanol–water partition coefficient (Wildman–Crippen LogP) is 2.26. The third-order valence-corrected chi connectivity index (χ3v) is 6.43. The summed E-state index contributed by atoms with van der Waals surface area (Å²) in [6.07, 6.45) is 7.48. The van der Waals surface area contributed by atoms with Crippen LogP contribution in [-0.2, 0) is 22.7 Å². The Kier molecular flexibility index (Phi) is 6.91. The van der Waals surface area contributed by atoms with Gasteiger partial charge in [-0.1, -0.05) is 18.2 Å². The molecule has 174 valence electrons. The lowest BCUT2D eigenvalue weighted by Crippen LogP contribution is -2.44. The van der Waals surface area contributed by atoms with Gasteiger partial charge in [0, 0.05) is 56.4 Å². The molecule has 8 heteroatoms. The quantitative estimate of drug-likeness (QED) is 0.599. The fraction of sp³-hybridized carbons (Fsp3) is 0.440. The standard InChI is InChI=1S/C25H31N5O3/c1-18-5-3-7-21-19(2)13-23(32)30(25(18)21)16-24(33)29-10-4-6-20(15-29)14-22(31)27-9-12-28-11-8-26-17-28/h3,5,7-8,11,13,17,20H,4,6,9-10,12,14-16H2,1-2H3,(H,27,31)/t20-/m1/s1. The fourth-order valence-corrected chi connectivity index (χ4v) is 4.71. The molecule has 1 aromatic carbocycles. The van der Waals surface area contributed by atoms with Crippen LogP contribution in [0.5, 0.6) is 0 Å². The summed E-state index contributed by atoms with van der Waals surface area (Å²) in [5, 5.41) is 3.95. The summed E-state index contributed by atoms with van der Waals surface area (Å²) in [6.45, 7) is 6.34. The van der Waals surface area contributed by atoms with Gasteiger partial charge in [-0.3, -0.25) is 19.0 Å². The van der Waals surface area contributed by atoms with Crippen LogP contribution in [0.25, 0.3) is 10.9 Å². The van der Waals surface area contributed by atoms with E-state index >= 15 is 0 Å². The topological polar surface area (TPSA) is 89.2 Å². The Morgan fingerprint density at radius 1 is 1.21 bits per heavy atom. The number of pyridine rings is 1. The van der Waals surface area contributed by atoms with E-state index in [1.807, 2.05) is 47.7 Å². The van der Waals surface area contributed by atoms with Crippen molar-refractivity contribution in [3.63, 3.8) is 0 Å². The number of imidazole rings is 1. The number of nitrogens with zero attached hydrogens (tertiary/aromatic N) is 4. The maximum atomic E-state index is 13.2. The van der Waals surface area contributed by atoms with Crippen LogP contribution in [-0.4, -0.2) is 50.5 Å². The molecule has 2 aromatic heterocycles. The molecule has 1 saturated heterocycles. The molecule has 1 aliphatic rings. The molecule has 1 atom stereocenters. The van der Waals surface area contributed by atoms with Crippen molar-refractivity contribution < 1.29 is 9.59 Å². The molecule has 2 amide bonds. The molecule has 3 aromatic rings. The largest absolute Gasteiger partial charge is 0.354 e. The lowest BCUT2D eigenvalue weighted by molar-refractivity contribution is -0.134. The minimum atomic E-state index is -0.159. The van der Waals surface area contributed by atoms with E-state index in [0.717, 1.165) is 34.9 Å². The number of benzene rings is 1. The summed E-state index contributed by atoms with van der Waals surface area (Å²) in [5.41, 5.74) is 2.56. The molecule has 1 aliphatic heterocycles. The number of hydrogen-bond donors (Lipinski definition) is 1.